The van der Waals surface area contributed by atoms with Gasteiger partial charge in [0.15, 0.2) is 0 Å². The number of amides is 1. The first-order valence-electron chi connectivity index (χ1n) is 8.10. The highest BCUT2D eigenvalue weighted by molar-refractivity contribution is 5.77. The van der Waals surface area contributed by atoms with Crippen molar-refractivity contribution in [3.8, 4) is 0 Å². The van der Waals surface area contributed by atoms with Crippen LogP contribution >= 0.6 is 0 Å². The number of rotatable bonds is 5. The van der Waals surface area contributed by atoms with Crippen molar-refractivity contribution in [3.05, 3.63) is 35.6 Å². The molecule has 1 fully saturated rings. The molecule has 122 valence electrons. The largest absolute Gasteiger partial charge is 0.377 e. The topological polar surface area (TPSA) is 29.5 Å². The number of ether oxygens (including phenoxy) is 1. The van der Waals surface area contributed by atoms with E-state index in [1.165, 1.54) is 12.1 Å². The summed E-state index contributed by atoms with van der Waals surface area (Å²) in [7, 11) is 0. The zero-order valence-corrected chi connectivity index (χ0v) is 13.7. The van der Waals surface area contributed by atoms with Gasteiger partial charge in [0.1, 0.15) is 5.82 Å². The number of hydrogen-bond acceptors (Lipinski definition) is 2. The first-order chi connectivity index (χ1) is 10.5. The second kappa shape index (κ2) is 7.73. The second-order valence-electron chi connectivity index (χ2n) is 6.59. The highest BCUT2D eigenvalue weighted by Gasteiger charge is 2.26. The number of carbonyl (C=O) groups excluding carboxylic acids is 1. The smallest absolute Gasteiger partial charge is 0.223 e. The van der Waals surface area contributed by atoms with Crippen molar-refractivity contribution in [1.82, 2.24) is 4.90 Å². The number of hydrogen-bond donors (Lipinski definition) is 0. The molecule has 0 aromatic heterocycles. The van der Waals surface area contributed by atoms with E-state index in [9.17, 15) is 9.18 Å². The van der Waals surface area contributed by atoms with Crippen LogP contribution in [0.3, 0.4) is 0 Å². The van der Waals surface area contributed by atoms with E-state index in [-0.39, 0.29) is 23.7 Å². The third-order valence-electron chi connectivity index (χ3n) is 4.21. The molecule has 0 spiro atoms. The van der Waals surface area contributed by atoms with Crippen molar-refractivity contribution in [1.29, 1.82) is 0 Å². The second-order valence-corrected chi connectivity index (χ2v) is 6.59. The lowest BCUT2D eigenvalue weighted by molar-refractivity contribution is -0.139. The van der Waals surface area contributed by atoms with Crippen LogP contribution in [0.2, 0.25) is 0 Å². The van der Waals surface area contributed by atoms with Crippen molar-refractivity contribution >= 4 is 5.91 Å². The molecule has 0 saturated carbocycles. The quantitative estimate of drug-likeness (QED) is 0.832. The van der Waals surface area contributed by atoms with Crippen molar-refractivity contribution in [2.45, 2.75) is 45.6 Å². The van der Waals surface area contributed by atoms with Crippen LogP contribution in [0.25, 0.3) is 0 Å². The van der Waals surface area contributed by atoms with Crippen LogP contribution in [0.4, 0.5) is 4.39 Å². The summed E-state index contributed by atoms with van der Waals surface area (Å²) < 4.78 is 18.5. The molecule has 1 saturated heterocycles. The highest BCUT2D eigenvalue weighted by Crippen LogP contribution is 2.28. The Morgan fingerprint density at radius 2 is 2.05 bits per heavy atom. The summed E-state index contributed by atoms with van der Waals surface area (Å²) in [6.07, 6.45) is 1.41. The minimum absolute atomic E-state index is 0.133. The lowest BCUT2D eigenvalue weighted by atomic mass is 9.87. The SMILES string of the molecule is CC(C)CC(CC(=O)N1CCOCC1C)c1ccc(F)cc1. The van der Waals surface area contributed by atoms with Gasteiger partial charge < -0.3 is 9.64 Å². The van der Waals surface area contributed by atoms with Gasteiger partial charge in [-0.05, 0) is 42.9 Å². The Hall–Kier alpha value is -1.42. The fourth-order valence-electron chi connectivity index (χ4n) is 3.07. The number of morpholine rings is 1. The summed E-state index contributed by atoms with van der Waals surface area (Å²) in [4.78, 5) is 14.6. The van der Waals surface area contributed by atoms with E-state index in [1.54, 1.807) is 12.1 Å². The maximum atomic E-state index is 13.1. The minimum Gasteiger partial charge on any atom is -0.377 e. The Labute approximate surface area is 132 Å². The van der Waals surface area contributed by atoms with Crippen LogP contribution in [0.5, 0.6) is 0 Å². The van der Waals surface area contributed by atoms with Crippen LogP contribution in [-0.2, 0) is 9.53 Å². The van der Waals surface area contributed by atoms with Crippen molar-refractivity contribution < 1.29 is 13.9 Å². The monoisotopic (exact) mass is 307 g/mol. The molecule has 2 unspecified atom stereocenters. The molecule has 2 atom stereocenters. The standard InChI is InChI=1S/C18H26FNO2/c1-13(2)10-16(15-4-6-17(19)7-5-15)11-18(21)20-8-9-22-12-14(20)3/h4-7,13-14,16H,8-12H2,1-3H3. The van der Waals surface area contributed by atoms with Gasteiger partial charge in [0, 0.05) is 13.0 Å². The highest BCUT2D eigenvalue weighted by atomic mass is 19.1. The number of halogens is 1. The first-order valence-corrected chi connectivity index (χ1v) is 8.10. The van der Waals surface area contributed by atoms with Crippen LogP contribution in [0.15, 0.2) is 24.3 Å². The predicted molar refractivity (Wildman–Crippen MR) is 85.2 cm³/mol. The molecule has 1 heterocycles. The zero-order valence-electron chi connectivity index (χ0n) is 13.7. The summed E-state index contributed by atoms with van der Waals surface area (Å²) in [5.41, 5.74) is 1.05. The summed E-state index contributed by atoms with van der Waals surface area (Å²) in [5, 5.41) is 0. The van der Waals surface area contributed by atoms with E-state index in [0.29, 0.717) is 32.1 Å². The van der Waals surface area contributed by atoms with Gasteiger partial charge in [-0.25, -0.2) is 4.39 Å². The minimum atomic E-state index is -0.236. The van der Waals surface area contributed by atoms with Crippen molar-refractivity contribution in [2.75, 3.05) is 19.8 Å². The average molecular weight is 307 g/mol. The zero-order chi connectivity index (χ0) is 16.1. The molecular weight excluding hydrogens is 281 g/mol. The molecule has 0 N–H and O–H groups in total. The number of carbonyl (C=O) groups is 1. The van der Waals surface area contributed by atoms with Crippen LogP contribution in [0.1, 0.15) is 45.1 Å². The van der Waals surface area contributed by atoms with Crippen molar-refractivity contribution in [3.63, 3.8) is 0 Å². The van der Waals surface area contributed by atoms with Crippen molar-refractivity contribution in [2.24, 2.45) is 5.92 Å². The molecule has 1 aromatic carbocycles. The normalized spacial score (nSPS) is 20.2. The van der Waals surface area contributed by atoms with E-state index in [2.05, 4.69) is 13.8 Å². The first kappa shape index (κ1) is 16.9. The molecule has 0 radical (unpaired) electrons. The van der Waals surface area contributed by atoms with Crippen LogP contribution < -0.4 is 0 Å². The van der Waals surface area contributed by atoms with Crippen LogP contribution in [0, 0.1) is 11.7 Å². The molecular formula is C18H26FNO2. The van der Waals surface area contributed by atoms with E-state index < -0.39 is 0 Å². The van der Waals surface area contributed by atoms with Gasteiger partial charge in [0.05, 0.1) is 19.3 Å². The molecule has 1 aromatic rings. The average Bonchev–Trinajstić information content (AvgIpc) is 2.47. The molecule has 3 nitrogen and oxygen atoms in total. The Morgan fingerprint density at radius 1 is 1.36 bits per heavy atom. The fraction of sp³-hybridized carbons (Fsp3) is 0.611. The van der Waals surface area contributed by atoms with Gasteiger partial charge in [-0.1, -0.05) is 26.0 Å². The fourth-order valence-corrected chi connectivity index (χ4v) is 3.07. The number of nitrogens with zero attached hydrogens (tertiary/aromatic N) is 1. The Balaban J connectivity index is 2.08. The maximum absolute atomic E-state index is 13.1. The summed E-state index contributed by atoms with van der Waals surface area (Å²) in [6.45, 7) is 8.21. The predicted octanol–water partition coefficient (Wildman–Crippen LogP) is 3.59. The lowest BCUT2D eigenvalue weighted by Gasteiger charge is -2.34. The molecule has 0 bridgehead atoms. The van der Waals surface area contributed by atoms with E-state index in [0.717, 1.165) is 12.0 Å². The van der Waals surface area contributed by atoms with E-state index in [4.69, 9.17) is 4.74 Å². The molecule has 22 heavy (non-hydrogen) atoms. The van der Waals surface area contributed by atoms with E-state index >= 15 is 0 Å². The summed E-state index contributed by atoms with van der Waals surface area (Å²) in [5.74, 6) is 0.569. The van der Waals surface area contributed by atoms with Gasteiger partial charge >= 0.3 is 0 Å². The Morgan fingerprint density at radius 3 is 2.64 bits per heavy atom. The third kappa shape index (κ3) is 4.54. The lowest BCUT2D eigenvalue weighted by Crippen LogP contribution is -2.47. The molecule has 1 amide bonds. The van der Waals surface area contributed by atoms with Gasteiger partial charge in [-0.15, -0.1) is 0 Å². The van der Waals surface area contributed by atoms with Gasteiger partial charge in [-0.3, -0.25) is 4.79 Å². The molecule has 1 aliphatic heterocycles. The molecule has 0 aliphatic carbocycles. The molecule has 2 rings (SSSR count). The van der Waals surface area contributed by atoms with E-state index in [1.807, 2.05) is 11.8 Å². The summed E-state index contributed by atoms with van der Waals surface area (Å²) >= 11 is 0. The number of benzene rings is 1. The van der Waals surface area contributed by atoms with Gasteiger partial charge in [-0.2, -0.15) is 0 Å². The summed E-state index contributed by atoms with van der Waals surface area (Å²) in [6, 6.07) is 6.69. The third-order valence-corrected chi connectivity index (χ3v) is 4.21. The Kier molecular flexibility index (Phi) is 5.95. The van der Waals surface area contributed by atoms with Gasteiger partial charge in [0.2, 0.25) is 5.91 Å². The van der Waals surface area contributed by atoms with Crippen LogP contribution in [-0.4, -0.2) is 36.6 Å². The maximum Gasteiger partial charge on any atom is 0.223 e. The molecule has 1 aliphatic rings. The molecule has 4 heteroatoms. The Bertz CT molecular complexity index is 486. The van der Waals surface area contributed by atoms with Gasteiger partial charge in [0.25, 0.3) is 0 Å².